The summed E-state index contributed by atoms with van der Waals surface area (Å²) in [5.74, 6) is 0.301. The number of benzene rings is 1. The van der Waals surface area contributed by atoms with Crippen LogP contribution in [0.25, 0.3) is 10.9 Å². The molecule has 0 bridgehead atoms. The maximum absolute atomic E-state index is 13.5. The Morgan fingerprint density at radius 2 is 1.97 bits per heavy atom. The topological polar surface area (TPSA) is 94.2 Å². The second-order valence-corrected chi connectivity index (χ2v) is 9.13. The number of piperazine rings is 1. The SMILES string of the molecule is CNC(=O)c1ccc(N2CCN(C3CCCC(c4nc5ccc(F)cc5c(=O)[nH]4)C3)CC2)cn1. The molecule has 8 nitrogen and oxygen atoms in total. The number of aromatic nitrogens is 3. The van der Waals surface area contributed by atoms with Crippen LogP contribution in [0.15, 0.2) is 41.3 Å². The predicted octanol–water partition coefficient (Wildman–Crippen LogP) is 2.67. The van der Waals surface area contributed by atoms with Crippen molar-refractivity contribution in [3.63, 3.8) is 0 Å². The number of nitrogens with zero attached hydrogens (tertiary/aromatic N) is 4. The molecule has 34 heavy (non-hydrogen) atoms. The predicted molar refractivity (Wildman–Crippen MR) is 129 cm³/mol. The standard InChI is InChI=1S/C25H29FN6O2/c1-27-25(34)22-8-6-19(15-28-22)32-11-9-31(10-12-32)18-4-2-3-16(13-18)23-29-21-7-5-17(26)14-20(21)24(33)30-23/h5-8,14-16,18H,2-4,9-13H2,1H3,(H,27,34)(H,29,30,33). The molecule has 2 N–H and O–H groups in total. The lowest BCUT2D eigenvalue weighted by molar-refractivity contribution is 0.0958. The average Bonchev–Trinajstić information content (AvgIpc) is 2.89. The summed E-state index contributed by atoms with van der Waals surface area (Å²) in [7, 11) is 1.60. The quantitative estimate of drug-likeness (QED) is 0.617. The number of aromatic amines is 1. The second-order valence-electron chi connectivity index (χ2n) is 9.13. The van der Waals surface area contributed by atoms with Gasteiger partial charge in [0.1, 0.15) is 17.3 Å². The molecule has 1 saturated carbocycles. The van der Waals surface area contributed by atoms with Crippen LogP contribution in [-0.4, -0.2) is 65.0 Å². The summed E-state index contributed by atoms with van der Waals surface area (Å²) in [5.41, 5.74) is 1.73. The molecule has 0 radical (unpaired) electrons. The van der Waals surface area contributed by atoms with Gasteiger partial charge in [-0.2, -0.15) is 0 Å². The number of hydrogen-bond acceptors (Lipinski definition) is 6. The molecule has 3 aromatic rings. The number of H-pyrrole nitrogens is 1. The molecule has 2 fully saturated rings. The third-order valence-corrected chi connectivity index (χ3v) is 7.12. The van der Waals surface area contributed by atoms with Gasteiger partial charge in [0.25, 0.3) is 11.5 Å². The summed E-state index contributed by atoms with van der Waals surface area (Å²) in [6.07, 6.45) is 5.95. The van der Waals surface area contributed by atoms with Crippen LogP contribution in [-0.2, 0) is 0 Å². The largest absolute Gasteiger partial charge is 0.368 e. The van der Waals surface area contributed by atoms with Crippen LogP contribution >= 0.6 is 0 Å². The summed E-state index contributed by atoms with van der Waals surface area (Å²) in [6.45, 7) is 3.71. The van der Waals surface area contributed by atoms with Crippen LogP contribution in [0.2, 0.25) is 0 Å². The van der Waals surface area contributed by atoms with Gasteiger partial charge >= 0.3 is 0 Å². The molecular weight excluding hydrogens is 435 g/mol. The van der Waals surface area contributed by atoms with Gasteiger partial charge in [-0.15, -0.1) is 0 Å². The van der Waals surface area contributed by atoms with E-state index in [4.69, 9.17) is 0 Å². The van der Waals surface area contributed by atoms with Crippen molar-refractivity contribution >= 4 is 22.5 Å². The summed E-state index contributed by atoms with van der Waals surface area (Å²) >= 11 is 0. The monoisotopic (exact) mass is 464 g/mol. The molecule has 2 aromatic heterocycles. The van der Waals surface area contributed by atoms with Crippen LogP contribution in [0.1, 0.15) is 47.9 Å². The van der Waals surface area contributed by atoms with Crippen molar-refractivity contribution in [1.29, 1.82) is 0 Å². The number of carbonyl (C=O) groups is 1. The number of pyridine rings is 1. The number of hydrogen-bond donors (Lipinski definition) is 2. The van der Waals surface area contributed by atoms with Crippen molar-refractivity contribution in [3.05, 3.63) is 64.2 Å². The van der Waals surface area contributed by atoms with Gasteiger partial charge in [0.2, 0.25) is 0 Å². The Morgan fingerprint density at radius 1 is 1.15 bits per heavy atom. The first-order chi connectivity index (χ1) is 16.5. The van der Waals surface area contributed by atoms with E-state index in [0.29, 0.717) is 22.6 Å². The first-order valence-electron chi connectivity index (χ1n) is 11.9. The van der Waals surface area contributed by atoms with Gasteiger partial charge in [-0.25, -0.2) is 14.4 Å². The minimum absolute atomic E-state index is 0.183. The van der Waals surface area contributed by atoms with Gasteiger partial charge in [-0.3, -0.25) is 14.5 Å². The fourth-order valence-corrected chi connectivity index (χ4v) is 5.25. The molecule has 3 heterocycles. The molecule has 1 aliphatic heterocycles. The third-order valence-electron chi connectivity index (χ3n) is 7.12. The summed E-state index contributed by atoms with van der Waals surface area (Å²) < 4.78 is 13.5. The minimum atomic E-state index is -0.428. The van der Waals surface area contributed by atoms with Crippen molar-refractivity contribution in [1.82, 2.24) is 25.2 Å². The van der Waals surface area contributed by atoms with E-state index in [2.05, 4.69) is 30.1 Å². The Morgan fingerprint density at radius 3 is 2.71 bits per heavy atom. The molecule has 178 valence electrons. The molecule has 5 rings (SSSR count). The van der Waals surface area contributed by atoms with Crippen molar-refractivity contribution in [2.45, 2.75) is 37.6 Å². The van der Waals surface area contributed by atoms with E-state index < -0.39 is 5.82 Å². The number of halogens is 1. The van der Waals surface area contributed by atoms with Crippen molar-refractivity contribution in [3.8, 4) is 0 Å². The lowest BCUT2D eigenvalue weighted by atomic mass is 9.84. The van der Waals surface area contributed by atoms with Crippen LogP contribution < -0.4 is 15.8 Å². The van der Waals surface area contributed by atoms with E-state index in [1.54, 1.807) is 25.4 Å². The van der Waals surface area contributed by atoms with Crippen LogP contribution in [0, 0.1) is 5.82 Å². The number of rotatable bonds is 4. The molecule has 1 aromatic carbocycles. The zero-order chi connectivity index (χ0) is 23.7. The Balaban J connectivity index is 1.23. The van der Waals surface area contributed by atoms with E-state index in [1.165, 1.54) is 12.1 Å². The summed E-state index contributed by atoms with van der Waals surface area (Å²) in [4.78, 5) is 41.0. The number of amides is 1. The van der Waals surface area contributed by atoms with E-state index in [9.17, 15) is 14.0 Å². The lowest BCUT2D eigenvalue weighted by Gasteiger charge is -2.42. The fourth-order valence-electron chi connectivity index (χ4n) is 5.25. The van der Waals surface area contributed by atoms with E-state index in [0.717, 1.165) is 63.4 Å². The van der Waals surface area contributed by atoms with Crippen LogP contribution in [0.4, 0.5) is 10.1 Å². The number of carbonyl (C=O) groups excluding carboxylic acids is 1. The highest BCUT2D eigenvalue weighted by atomic mass is 19.1. The Hall–Kier alpha value is -3.33. The van der Waals surface area contributed by atoms with Crippen molar-refractivity contribution in [2.24, 2.45) is 0 Å². The molecule has 1 saturated heterocycles. The van der Waals surface area contributed by atoms with Gasteiger partial charge in [0.15, 0.2) is 0 Å². The average molecular weight is 465 g/mol. The van der Waals surface area contributed by atoms with Gasteiger partial charge in [-0.05, 0) is 49.6 Å². The van der Waals surface area contributed by atoms with Crippen molar-refractivity contribution < 1.29 is 9.18 Å². The third kappa shape index (κ3) is 4.52. The maximum atomic E-state index is 13.5. The van der Waals surface area contributed by atoms with Crippen LogP contribution in [0.3, 0.4) is 0 Å². The molecule has 2 atom stereocenters. The highest BCUT2D eigenvalue weighted by molar-refractivity contribution is 5.92. The molecule has 0 spiro atoms. The number of fused-ring (bicyclic) bond motifs is 1. The Bertz CT molecular complexity index is 1240. The zero-order valence-corrected chi connectivity index (χ0v) is 19.3. The van der Waals surface area contributed by atoms with Gasteiger partial charge in [0.05, 0.1) is 22.8 Å². The van der Waals surface area contributed by atoms with Gasteiger partial charge in [0, 0.05) is 45.2 Å². The maximum Gasteiger partial charge on any atom is 0.269 e. The molecular formula is C25H29FN6O2. The second kappa shape index (κ2) is 9.50. The number of anilines is 1. The summed E-state index contributed by atoms with van der Waals surface area (Å²) in [6, 6.07) is 8.34. The molecule has 1 amide bonds. The normalized spacial score (nSPS) is 21.5. The summed E-state index contributed by atoms with van der Waals surface area (Å²) in [5, 5.41) is 2.89. The zero-order valence-electron chi connectivity index (χ0n) is 19.3. The van der Waals surface area contributed by atoms with E-state index in [1.807, 2.05) is 6.07 Å². The molecule has 2 unspecified atom stereocenters. The highest BCUT2D eigenvalue weighted by Crippen LogP contribution is 2.34. The highest BCUT2D eigenvalue weighted by Gasteiger charge is 2.31. The van der Waals surface area contributed by atoms with Gasteiger partial charge in [-0.1, -0.05) is 6.42 Å². The first kappa shape index (κ1) is 22.5. The first-order valence-corrected chi connectivity index (χ1v) is 11.9. The van der Waals surface area contributed by atoms with E-state index in [-0.39, 0.29) is 17.4 Å². The van der Waals surface area contributed by atoms with E-state index >= 15 is 0 Å². The number of nitrogens with one attached hydrogen (secondary N) is 2. The molecule has 1 aliphatic carbocycles. The van der Waals surface area contributed by atoms with Gasteiger partial charge < -0.3 is 15.2 Å². The fraction of sp³-hybridized carbons (Fsp3) is 0.440. The Kier molecular flexibility index (Phi) is 6.28. The van der Waals surface area contributed by atoms with Crippen molar-refractivity contribution in [2.75, 3.05) is 38.1 Å². The molecule has 9 heteroatoms. The molecule has 2 aliphatic rings. The smallest absolute Gasteiger partial charge is 0.269 e. The van der Waals surface area contributed by atoms with Crippen LogP contribution in [0.5, 0.6) is 0 Å². The minimum Gasteiger partial charge on any atom is -0.368 e. The Labute approximate surface area is 197 Å². The lowest BCUT2D eigenvalue weighted by Crippen LogP contribution is -2.51.